The second-order valence-corrected chi connectivity index (χ2v) is 7.33. The molecular formula is C18H22N2O7. The van der Waals surface area contributed by atoms with Gasteiger partial charge in [0.15, 0.2) is 5.78 Å². The average Bonchev–Trinajstić information content (AvgIpc) is 2.97. The number of nitro groups is 1. The summed E-state index contributed by atoms with van der Waals surface area (Å²) in [5.41, 5.74) is -0.706. The number of ether oxygens (including phenoxy) is 2. The zero-order chi connectivity index (χ0) is 20.4. The van der Waals surface area contributed by atoms with Gasteiger partial charge in [-0.1, -0.05) is 0 Å². The normalized spacial score (nSPS) is 19.5. The molecule has 2 atom stereocenters. The molecule has 1 aromatic rings. The van der Waals surface area contributed by atoms with Crippen molar-refractivity contribution in [1.82, 2.24) is 4.90 Å². The maximum absolute atomic E-state index is 12.3. The molecule has 0 unspecified atom stereocenters. The van der Waals surface area contributed by atoms with Crippen LogP contribution in [-0.2, 0) is 14.3 Å². The first kappa shape index (κ1) is 20.3. The number of rotatable bonds is 4. The lowest BCUT2D eigenvalue weighted by Gasteiger charge is -2.27. The second kappa shape index (κ2) is 7.73. The van der Waals surface area contributed by atoms with Crippen LogP contribution in [0.25, 0.3) is 0 Å². The number of non-ortho nitro benzene ring substituents is 1. The monoisotopic (exact) mass is 378 g/mol. The van der Waals surface area contributed by atoms with Gasteiger partial charge < -0.3 is 9.47 Å². The van der Waals surface area contributed by atoms with E-state index >= 15 is 0 Å². The molecule has 0 spiro atoms. The van der Waals surface area contributed by atoms with Gasteiger partial charge in [-0.25, -0.2) is 9.59 Å². The summed E-state index contributed by atoms with van der Waals surface area (Å²) in [7, 11) is 0. The molecule has 1 fully saturated rings. The number of carbonyl (C=O) groups is 3. The molecule has 146 valence electrons. The highest BCUT2D eigenvalue weighted by Crippen LogP contribution is 2.25. The summed E-state index contributed by atoms with van der Waals surface area (Å²) in [5, 5.41) is 10.7. The summed E-state index contributed by atoms with van der Waals surface area (Å²) >= 11 is 0. The third kappa shape index (κ3) is 5.25. The van der Waals surface area contributed by atoms with Gasteiger partial charge in [0, 0.05) is 18.6 Å². The number of hydrogen-bond acceptors (Lipinski definition) is 7. The topological polar surface area (TPSA) is 116 Å². The standard InChI is InChI=1S/C18H22N2O7/c1-11(21)15-9-14(10-19(15)17(23)27-18(2,3)4)26-16(22)12-5-7-13(8-6-12)20(24)25/h5-8,14-15H,9-10H2,1-4H3/t14-,15-/m0/s1. The molecular weight excluding hydrogens is 356 g/mol. The van der Waals surface area contributed by atoms with E-state index in [1.165, 1.54) is 36.1 Å². The summed E-state index contributed by atoms with van der Waals surface area (Å²) in [6.07, 6.45) is -1.14. The maximum Gasteiger partial charge on any atom is 0.411 e. The number of nitrogens with zero attached hydrogens (tertiary/aromatic N) is 2. The van der Waals surface area contributed by atoms with Crippen molar-refractivity contribution in [3.8, 4) is 0 Å². The Morgan fingerprint density at radius 1 is 1.19 bits per heavy atom. The molecule has 9 heteroatoms. The van der Waals surface area contributed by atoms with Crippen LogP contribution in [0.1, 0.15) is 44.5 Å². The van der Waals surface area contributed by atoms with E-state index in [2.05, 4.69) is 0 Å². The lowest BCUT2D eigenvalue weighted by molar-refractivity contribution is -0.384. The molecule has 0 bridgehead atoms. The van der Waals surface area contributed by atoms with Crippen LogP contribution < -0.4 is 0 Å². The van der Waals surface area contributed by atoms with E-state index in [1.807, 2.05) is 0 Å². The van der Waals surface area contributed by atoms with E-state index in [9.17, 15) is 24.5 Å². The van der Waals surface area contributed by atoms with Gasteiger partial charge in [-0.3, -0.25) is 19.8 Å². The highest BCUT2D eigenvalue weighted by Gasteiger charge is 2.41. The first-order valence-corrected chi connectivity index (χ1v) is 8.43. The fourth-order valence-corrected chi connectivity index (χ4v) is 2.73. The maximum atomic E-state index is 12.3. The van der Waals surface area contributed by atoms with Crippen molar-refractivity contribution in [2.45, 2.75) is 51.9 Å². The SMILES string of the molecule is CC(=O)[C@@H]1C[C@H](OC(=O)c2ccc([N+](=O)[O-])cc2)CN1C(=O)OC(C)(C)C. The third-order valence-electron chi connectivity index (χ3n) is 3.95. The quantitative estimate of drug-likeness (QED) is 0.449. The van der Waals surface area contributed by atoms with Crippen molar-refractivity contribution in [3.05, 3.63) is 39.9 Å². The van der Waals surface area contributed by atoms with Gasteiger partial charge in [0.05, 0.1) is 23.1 Å². The van der Waals surface area contributed by atoms with Crippen molar-refractivity contribution >= 4 is 23.5 Å². The summed E-state index contributed by atoms with van der Waals surface area (Å²) in [5.74, 6) is -0.905. The smallest absolute Gasteiger partial charge is 0.411 e. The van der Waals surface area contributed by atoms with Gasteiger partial charge >= 0.3 is 12.1 Å². The largest absolute Gasteiger partial charge is 0.457 e. The Bertz CT molecular complexity index is 752. The molecule has 0 N–H and O–H groups in total. The number of Topliss-reactive ketones (excluding diaryl/α,β-unsaturated/α-hetero) is 1. The van der Waals surface area contributed by atoms with E-state index in [0.717, 1.165) is 0 Å². The number of likely N-dealkylation sites (tertiary alicyclic amines) is 1. The van der Waals surface area contributed by atoms with Crippen LogP contribution in [0.4, 0.5) is 10.5 Å². The third-order valence-corrected chi connectivity index (χ3v) is 3.95. The first-order chi connectivity index (χ1) is 12.5. The minimum absolute atomic E-state index is 0.0396. The van der Waals surface area contributed by atoms with Crippen molar-refractivity contribution in [2.24, 2.45) is 0 Å². The van der Waals surface area contributed by atoms with Crippen molar-refractivity contribution in [2.75, 3.05) is 6.54 Å². The highest BCUT2D eigenvalue weighted by atomic mass is 16.6. The van der Waals surface area contributed by atoms with E-state index in [0.29, 0.717) is 0 Å². The molecule has 1 saturated heterocycles. The van der Waals surface area contributed by atoms with Gasteiger partial charge in [0.1, 0.15) is 11.7 Å². The Hall–Kier alpha value is -2.97. The molecule has 1 aliphatic heterocycles. The fraction of sp³-hybridized carbons (Fsp3) is 0.500. The Balaban J connectivity index is 2.06. The lowest BCUT2D eigenvalue weighted by Crippen LogP contribution is -2.43. The predicted octanol–water partition coefficient (Wildman–Crippen LogP) is 2.72. The lowest BCUT2D eigenvalue weighted by atomic mass is 10.1. The minimum atomic E-state index is -0.727. The zero-order valence-corrected chi connectivity index (χ0v) is 15.6. The number of nitro benzene ring substituents is 1. The number of hydrogen-bond donors (Lipinski definition) is 0. The number of benzene rings is 1. The van der Waals surface area contributed by atoms with Gasteiger partial charge in [0.2, 0.25) is 0 Å². The molecule has 0 aromatic heterocycles. The zero-order valence-electron chi connectivity index (χ0n) is 15.6. The molecule has 0 saturated carbocycles. The Morgan fingerprint density at radius 3 is 2.26 bits per heavy atom. The van der Waals surface area contributed by atoms with Crippen LogP contribution >= 0.6 is 0 Å². The van der Waals surface area contributed by atoms with Crippen LogP contribution in [0.2, 0.25) is 0 Å². The van der Waals surface area contributed by atoms with E-state index < -0.39 is 34.7 Å². The Labute approximate surface area is 156 Å². The van der Waals surface area contributed by atoms with E-state index in [1.54, 1.807) is 20.8 Å². The fourth-order valence-electron chi connectivity index (χ4n) is 2.73. The molecule has 1 aromatic carbocycles. The molecule has 0 radical (unpaired) electrons. The summed E-state index contributed by atoms with van der Waals surface area (Å²) < 4.78 is 10.7. The second-order valence-electron chi connectivity index (χ2n) is 7.33. The number of ketones is 1. The molecule has 9 nitrogen and oxygen atoms in total. The van der Waals surface area contributed by atoms with Crippen LogP contribution in [-0.4, -0.2) is 52.0 Å². The van der Waals surface area contributed by atoms with Crippen LogP contribution in [0, 0.1) is 10.1 Å². The van der Waals surface area contributed by atoms with E-state index in [-0.39, 0.29) is 30.0 Å². The Morgan fingerprint density at radius 2 is 1.78 bits per heavy atom. The number of esters is 1. The number of amides is 1. The molecule has 0 aliphatic carbocycles. The highest BCUT2D eigenvalue weighted by molar-refractivity contribution is 5.90. The minimum Gasteiger partial charge on any atom is -0.457 e. The van der Waals surface area contributed by atoms with Gasteiger partial charge in [-0.2, -0.15) is 0 Å². The molecule has 2 rings (SSSR count). The molecule has 1 heterocycles. The Kier molecular flexibility index (Phi) is 5.82. The van der Waals surface area contributed by atoms with Gasteiger partial charge in [0.25, 0.3) is 5.69 Å². The van der Waals surface area contributed by atoms with Crippen molar-refractivity contribution in [1.29, 1.82) is 0 Å². The van der Waals surface area contributed by atoms with Crippen LogP contribution in [0.3, 0.4) is 0 Å². The molecule has 1 aliphatic rings. The molecule has 27 heavy (non-hydrogen) atoms. The predicted molar refractivity (Wildman–Crippen MR) is 94.3 cm³/mol. The van der Waals surface area contributed by atoms with Gasteiger partial charge in [-0.05, 0) is 39.8 Å². The van der Waals surface area contributed by atoms with Gasteiger partial charge in [-0.15, -0.1) is 0 Å². The molecule has 1 amide bonds. The summed E-state index contributed by atoms with van der Waals surface area (Å²) in [4.78, 5) is 47.8. The summed E-state index contributed by atoms with van der Waals surface area (Å²) in [6.45, 7) is 6.56. The van der Waals surface area contributed by atoms with Crippen molar-refractivity contribution < 1.29 is 28.8 Å². The van der Waals surface area contributed by atoms with Crippen LogP contribution in [0.15, 0.2) is 24.3 Å². The summed E-state index contributed by atoms with van der Waals surface area (Å²) in [6, 6.07) is 4.27. The average molecular weight is 378 g/mol. The van der Waals surface area contributed by atoms with E-state index in [4.69, 9.17) is 9.47 Å². The number of carbonyl (C=O) groups excluding carboxylic acids is 3. The van der Waals surface area contributed by atoms with Crippen LogP contribution in [0.5, 0.6) is 0 Å². The van der Waals surface area contributed by atoms with Crippen molar-refractivity contribution in [3.63, 3.8) is 0 Å². The first-order valence-electron chi connectivity index (χ1n) is 8.43.